The van der Waals surface area contributed by atoms with E-state index in [4.69, 9.17) is 0 Å². The van der Waals surface area contributed by atoms with Gasteiger partial charge in [-0.2, -0.15) is 0 Å². The number of benzene rings is 3. The second kappa shape index (κ2) is 9.76. The highest BCUT2D eigenvalue weighted by Gasteiger charge is 2.17. The van der Waals surface area contributed by atoms with Crippen LogP contribution in [0, 0.1) is 0 Å². The summed E-state index contributed by atoms with van der Waals surface area (Å²) in [5.74, 6) is -0.0852. The van der Waals surface area contributed by atoms with Gasteiger partial charge in [0.1, 0.15) is 0 Å². The Morgan fingerprint density at radius 2 is 1.60 bits per heavy atom. The van der Waals surface area contributed by atoms with E-state index in [1.165, 1.54) is 15.9 Å². The SMILES string of the molecule is CCc1ccc(N(CCCC(=O)NCc2ccc3ccccc3c2)S(C)(=O)=O)cc1. The first-order chi connectivity index (χ1) is 14.4. The molecule has 0 aliphatic rings. The van der Waals surface area contributed by atoms with Gasteiger partial charge in [-0.05, 0) is 52.9 Å². The van der Waals surface area contributed by atoms with E-state index in [0.29, 0.717) is 18.7 Å². The van der Waals surface area contributed by atoms with Gasteiger partial charge in [0.2, 0.25) is 15.9 Å². The van der Waals surface area contributed by atoms with E-state index in [1.807, 2.05) is 54.6 Å². The highest BCUT2D eigenvalue weighted by Crippen LogP contribution is 2.19. The summed E-state index contributed by atoms with van der Waals surface area (Å²) in [6.07, 6.45) is 2.82. The molecule has 6 heteroatoms. The van der Waals surface area contributed by atoms with Crippen LogP contribution in [0.25, 0.3) is 10.8 Å². The second-order valence-corrected chi connectivity index (χ2v) is 9.32. The van der Waals surface area contributed by atoms with Gasteiger partial charge in [0.15, 0.2) is 0 Å². The van der Waals surface area contributed by atoms with Gasteiger partial charge in [-0.3, -0.25) is 9.10 Å². The number of fused-ring (bicyclic) bond motifs is 1. The molecule has 3 aromatic rings. The molecule has 1 amide bonds. The molecule has 0 saturated carbocycles. The molecule has 0 atom stereocenters. The van der Waals surface area contributed by atoms with Crippen molar-refractivity contribution in [3.8, 4) is 0 Å². The standard InChI is InChI=1S/C24H28N2O3S/c1-3-19-11-14-23(15-12-19)26(30(2,28)29)16-6-9-24(27)25-18-20-10-13-21-7-4-5-8-22(21)17-20/h4-5,7-8,10-15,17H,3,6,9,16,18H2,1-2H3,(H,25,27). The topological polar surface area (TPSA) is 66.5 Å². The summed E-state index contributed by atoms with van der Waals surface area (Å²) in [5.41, 5.74) is 2.82. The molecule has 0 fully saturated rings. The van der Waals surface area contributed by atoms with Crippen molar-refractivity contribution in [2.75, 3.05) is 17.1 Å². The van der Waals surface area contributed by atoms with Crippen LogP contribution in [0.3, 0.4) is 0 Å². The van der Waals surface area contributed by atoms with Gasteiger partial charge in [0, 0.05) is 19.5 Å². The summed E-state index contributed by atoms with van der Waals surface area (Å²) in [6.45, 7) is 2.78. The Hall–Kier alpha value is -2.86. The first kappa shape index (κ1) is 21.8. The monoisotopic (exact) mass is 424 g/mol. The van der Waals surface area contributed by atoms with Crippen molar-refractivity contribution in [2.24, 2.45) is 0 Å². The van der Waals surface area contributed by atoms with E-state index in [2.05, 4.69) is 24.4 Å². The zero-order valence-electron chi connectivity index (χ0n) is 17.5. The van der Waals surface area contributed by atoms with Crippen LogP contribution < -0.4 is 9.62 Å². The van der Waals surface area contributed by atoms with Gasteiger partial charge in [-0.1, -0.05) is 55.5 Å². The maximum Gasteiger partial charge on any atom is 0.232 e. The van der Waals surface area contributed by atoms with Crippen molar-refractivity contribution < 1.29 is 13.2 Å². The number of hydrogen-bond acceptors (Lipinski definition) is 3. The van der Waals surface area contributed by atoms with Crippen molar-refractivity contribution in [3.63, 3.8) is 0 Å². The number of aryl methyl sites for hydroxylation is 1. The molecule has 0 aromatic heterocycles. The molecule has 0 saturated heterocycles. The number of sulfonamides is 1. The third kappa shape index (κ3) is 5.83. The van der Waals surface area contributed by atoms with Crippen molar-refractivity contribution in [2.45, 2.75) is 32.7 Å². The van der Waals surface area contributed by atoms with Crippen molar-refractivity contribution in [1.82, 2.24) is 5.32 Å². The maximum atomic E-state index is 12.3. The van der Waals surface area contributed by atoms with Crippen LogP contribution >= 0.6 is 0 Å². The lowest BCUT2D eigenvalue weighted by Crippen LogP contribution is -2.32. The quantitative estimate of drug-likeness (QED) is 0.558. The number of hydrogen-bond donors (Lipinski definition) is 1. The van der Waals surface area contributed by atoms with Crippen LogP contribution in [0.15, 0.2) is 66.7 Å². The first-order valence-electron chi connectivity index (χ1n) is 10.2. The first-order valence-corrected chi connectivity index (χ1v) is 12.0. The van der Waals surface area contributed by atoms with Crippen molar-refractivity contribution in [1.29, 1.82) is 0 Å². The summed E-state index contributed by atoms with van der Waals surface area (Å²) >= 11 is 0. The Bertz CT molecular complexity index is 1110. The van der Waals surface area contributed by atoms with Crippen LogP contribution in [0.1, 0.15) is 30.9 Å². The minimum Gasteiger partial charge on any atom is -0.352 e. The van der Waals surface area contributed by atoms with Crippen LogP contribution in [-0.4, -0.2) is 27.1 Å². The summed E-state index contributed by atoms with van der Waals surface area (Å²) in [7, 11) is -3.41. The molecule has 0 heterocycles. The van der Waals surface area contributed by atoms with E-state index in [-0.39, 0.29) is 18.9 Å². The fourth-order valence-corrected chi connectivity index (χ4v) is 4.37. The number of rotatable bonds is 9. The van der Waals surface area contributed by atoms with Crippen LogP contribution in [0.2, 0.25) is 0 Å². The van der Waals surface area contributed by atoms with E-state index in [0.717, 1.165) is 22.9 Å². The summed E-state index contributed by atoms with van der Waals surface area (Å²) in [4.78, 5) is 12.3. The highest BCUT2D eigenvalue weighted by molar-refractivity contribution is 7.92. The van der Waals surface area contributed by atoms with Gasteiger partial charge in [-0.15, -0.1) is 0 Å². The zero-order chi connectivity index (χ0) is 21.6. The van der Waals surface area contributed by atoms with Crippen LogP contribution in [-0.2, 0) is 27.8 Å². The molecular formula is C24H28N2O3S. The Labute approximate surface area is 178 Å². The molecule has 0 aliphatic heterocycles. The molecule has 0 aliphatic carbocycles. The molecule has 0 radical (unpaired) electrons. The summed E-state index contributed by atoms with van der Waals surface area (Å²) < 4.78 is 25.8. The van der Waals surface area contributed by atoms with E-state index < -0.39 is 10.0 Å². The second-order valence-electron chi connectivity index (χ2n) is 7.42. The molecular weight excluding hydrogens is 396 g/mol. The lowest BCUT2D eigenvalue weighted by molar-refractivity contribution is -0.121. The Morgan fingerprint density at radius 1 is 0.933 bits per heavy atom. The molecule has 1 N–H and O–H groups in total. The number of nitrogens with zero attached hydrogens (tertiary/aromatic N) is 1. The lowest BCUT2D eigenvalue weighted by Gasteiger charge is -2.22. The van der Waals surface area contributed by atoms with E-state index in [9.17, 15) is 13.2 Å². The number of carbonyl (C=O) groups excluding carboxylic acids is 1. The fourth-order valence-electron chi connectivity index (χ4n) is 3.41. The molecule has 30 heavy (non-hydrogen) atoms. The maximum absolute atomic E-state index is 12.3. The Morgan fingerprint density at radius 3 is 2.27 bits per heavy atom. The van der Waals surface area contributed by atoms with Crippen molar-refractivity contribution in [3.05, 3.63) is 77.9 Å². The van der Waals surface area contributed by atoms with E-state index in [1.54, 1.807) is 0 Å². The summed E-state index contributed by atoms with van der Waals surface area (Å²) in [6, 6.07) is 21.7. The van der Waals surface area contributed by atoms with E-state index >= 15 is 0 Å². The Kier molecular flexibility index (Phi) is 7.11. The number of nitrogens with one attached hydrogen (secondary N) is 1. The van der Waals surface area contributed by atoms with Gasteiger partial charge in [0.05, 0.1) is 11.9 Å². The number of carbonyl (C=O) groups is 1. The Balaban J connectivity index is 1.53. The zero-order valence-corrected chi connectivity index (χ0v) is 18.3. The third-order valence-corrected chi connectivity index (χ3v) is 6.30. The van der Waals surface area contributed by atoms with Crippen LogP contribution in [0.4, 0.5) is 5.69 Å². The molecule has 3 rings (SSSR count). The molecule has 0 spiro atoms. The lowest BCUT2D eigenvalue weighted by atomic mass is 10.1. The number of amides is 1. The largest absolute Gasteiger partial charge is 0.352 e. The smallest absolute Gasteiger partial charge is 0.232 e. The average Bonchev–Trinajstić information content (AvgIpc) is 2.74. The molecule has 3 aromatic carbocycles. The minimum absolute atomic E-state index is 0.0852. The summed E-state index contributed by atoms with van der Waals surface area (Å²) in [5, 5.41) is 5.23. The molecule has 158 valence electrons. The molecule has 0 bridgehead atoms. The van der Waals surface area contributed by atoms with Crippen molar-refractivity contribution >= 4 is 32.4 Å². The number of anilines is 1. The van der Waals surface area contributed by atoms with Crippen LogP contribution in [0.5, 0.6) is 0 Å². The predicted molar refractivity (Wildman–Crippen MR) is 123 cm³/mol. The fraction of sp³-hybridized carbons (Fsp3) is 0.292. The molecule has 0 unspecified atom stereocenters. The predicted octanol–water partition coefficient (Wildman–Crippen LogP) is 4.26. The normalized spacial score (nSPS) is 11.4. The van der Waals surface area contributed by atoms with Gasteiger partial charge in [-0.25, -0.2) is 8.42 Å². The van der Waals surface area contributed by atoms with Gasteiger partial charge < -0.3 is 5.32 Å². The average molecular weight is 425 g/mol. The third-order valence-electron chi connectivity index (χ3n) is 5.10. The molecule has 5 nitrogen and oxygen atoms in total. The highest BCUT2D eigenvalue weighted by atomic mass is 32.2. The minimum atomic E-state index is -3.41. The van der Waals surface area contributed by atoms with Gasteiger partial charge in [0.25, 0.3) is 0 Å². The van der Waals surface area contributed by atoms with Gasteiger partial charge >= 0.3 is 0 Å².